The lowest BCUT2D eigenvalue weighted by atomic mass is 10.3. The smallest absolute Gasteiger partial charge is 0.409 e. The SMILES string of the molecule is COc1ccc(NC(=O)O)c(OC)c1. The van der Waals surface area contributed by atoms with Gasteiger partial charge >= 0.3 is 6.09 Å². The number of nitrogens with one attached hydrogen (secondary N) is 1. The third-order valence-corrected chi connectivity index (χ3v) is 1.65. The van der Waals surface area contributed by atoms with Gasteiger partial charge in [-0.2, -0.15) is 0 Å². The quantitative estimate of drug-likeness (QED) is 0.775. The van der Waals surface area contributed by atoms with E-state index in [0.29, 0.717) is 17.2 Å². The van der Waals surface area contributed by atoms with E-state index >= 15 is 0 Å². The van der Waals surface area contributed by atoms with E-state index in [9.17, 15) is 4.79 Å². The van der Waals surface area contributed by atoms with E-state index in [-0.39, 0.29) is 0 Å². The number of carboxylic acid groups (broad SMARTS) is 1. The molecule has 5 nitrogen and oxygen atoms in total. The minimum atomic E-state index is -1.13. The normalized spacial score (nSPS) is 9.29. The zero-order valence-electron chi connectivity index (χ0n) is 7.90. The molecule has 0 aliphatic rings. The summed E-state index contributed by atoms with van der Waals surface area (Å²) in [6.07, 6.45) is -1.13. The Morgan fingerprint density at radius 3 is 2.57 bits per heavy atom. The summed E-state index contributed by atoms with van der Waals surface area (Å²) in [6, 6.07) is 4.82. The van der Waals surface area contributed by atoms with Crippen LogP contribution < -0.4 is 14.8 Å². The Morgan fingerprint density at radius 1 is 1.36 bits per heavy atom. The Hall–Kier alpha value is -1.91. The molecule has 1 aromatic carbocycles. The molecule has 0 saturated heterocycles. The van der Waals surface area contributed by atoms with Gasteiger partial charge in [-0.05, 0) is 12.1 Å². The van der Waals surface area contributed by atoms with Crippen molar-refractivity contribution in [3.05, 3.63) is 18.2 Å². The largest absolute Gasteiger partial charge is 0.497 e. The Bertz CT molecular complexity index is 338. The molecule has 0 atom stereocenters. The Labute approximate surface area is 81.3 Å². The van der Waals surface area contributed by atoms with Crippen LogP contribution in [0, 0.1) is 0 Å². The van der Waals surface area contributed by atoms with Crippen LogP contribution in [-0.2, 0) is 0 Å². The summed E-state index contributed by atoms with van der Waals surface area (Å²) in [5.41, 5.74) is 0.390. The molecular weight excluding hydrogens is 186 g/mol. The molecule has 0 spiro atoms. The molecule has 0 aromatic heterocycles. The molecule has 1 amide bonds. The zero-order valence-corrected chi connectivity index (χ0v) is 7.90. The van der Waals surface area contributed by atoms with Crippen LogP contribution in [0.3, 0.4) is 0 Å². The topological polar surface area (TPSA) is 67.8 Å². The Kier molecular flexibility index (Phi) is 3.17. The molecule has 5 heteroatoms. The molecule has 0 unspecified atom stereocenters. The second kappa shape index (κ2) is 4.36. The van der Waals surface area contributed by atoms with Crippen molar-refractivity contribution >= 4 is 11.8 Å². The molecule has 0 aliphatic heterocycles. The van der Waals surface area contributed by atoms with Gasteiger partial charge in [-0.3, -0.25) is 5.32 Å². The molecule has 0 fully saturated rings. The highest BCUT2D eigenvalue weighted by molar-refractivity contribution is 5.85. The molecule has 2 N–H and O–H groups in total. The van der Waals surface area contributed by atoms with E-state index < -0.39 is 6.09 Å². The zero-order chi connectivity index (χ0) is 10.6. The van der Waals surface area contributed by atoms with Crippen LogP contribution in [0.25, 0.3) is 0 Å². The monoisotopic (exact) mass is 197 g/mol. The van der Waals surface area contributed by atoms with Gasteiger partial charge in [0.2, 0.25) is 0 Å². The molecule has 14 heavy (non-hydrogen) atoms. The van der Waals surface area contributed by atoms with E-state index in [1.807, 2.05) is 0 Å². The van der Waals surface area contributed by atoms with Crippen molar-refractivity contribution in [1.82, 2.24) is 0 Å². The maximum absolute atomic E-state index is 10.4. The first-order valence-corrected chi connectivity index (χ1v) is 3.89. The van der Waals surface area contributed by atoms with Gasteiger partial charge in [0.1, 0.15) is 11.5 Å². The predicted molar refractivity (Wildman–Crippen MR) is 51.2 cm³/mol. The van der Waals surface area contributed by atoms with Crippen molar-refractivity contribution < 1.29 is 19.4 Å². The molecule has 0 bridgehead atoms. The van der Waals surface area contributed by atoms with Crippen molar-refractivity contribution in [1.29, 1.82) is 0 Å². The maximum Gasteiger partial charge on any atom is 0.409 e. The number of rotatable bonds is 3. The molecule has 76 valence electrons. The van der Waals surface area contributed by atoms with Gasteiger partial charge in [0, 0.05) is 6.07 Å². The van der Waals surface area contributed by atoms with Gasteiger partial charge in [-0.25, -0.2) is 4.79 Å². The Balaban J connectivity index is 2.98. The first-order chi connectivity index (χ1) is 6.67. The molecule has 0 saturated carbocycles. The average molecular weight is 197 g/mol. The van der Waals surface area contributed by atoms with Gasteiger partial charge in [0.25, 0.3) is 0 Å². The van der Waals surface area contributed by atoms with Crippen molar-refractivity contribution in [2.45, 2.75) is 0 Å². The van der Waals surface area contributed by atoms with Gasteiger partial charge < -0.3 is 14.6 Å². The van der Waals surface area contributed by atoms with Gasteiger partial charge in [-0.1, -0.05) is 0 Å². The van der Waals surface area contributed by atoms with Crippen LogP contribution in [0.15, 0.2) is 18.2 Å². The number of hydrogen-bond donors (Lipinski definition) is 2. The van der Waals surface area contributed by atoms with E-state index in [0.717, 1.165) is 0 Å². The third kappa shape index (κ3) is 2.29. The molecule has 0 heterocycles. The standard InChI is InChI=1S/C9H11NO4/c1-13-6-3-4-7(10-9(11)12)8(5-6)14-2/h3-5,10H,1-2H3,(H,11,12). The highest BCUT2D eigenvalue weighted by Crippen LogP contribution is 2.28. The fraction of sp³-hybridized carbons (Fsp3) is 0.222. The number of benzene rings is 1. The highest BCUT2D eigenvalue weighted by Gasteiger charge is 2.06. The Morgan fingerprint density at radius 2 is 2.07 bits per heavy atom. The van der Waals surface area contributed by atoms with Gasteiger partial charge in [-0.15, -0.1) is 0 Å². The van der Waals surface area contributed by atoms with Crippen LogP contribution in [0.5, 0.6) is 11.5 Å². The molecular formula is C9H11NO4. The second-order valence-corrected chi connectivity index (χ2v) is 2.50. The average Bonchev–Trinajstić information content (AvgIpc) is 2.17. The molecule has 0 radical (unpaired) electrons. The van der Waals surface area contributed by atoms with Gasteiger partial charge in [0.15, 0.2) is 0 Å². The summed E-state index contributed by atoms with van der Waals surface area (Å²) < 4.78 is 9.94. The van der Waals surface area contributed by atoms with Crippen molar-refractivity contribution in [3.63, 3.8) is 0 Å². The lowest BCUT2D eigenvalue weighted by molar-refractivity contribution is 0.209. The van der Waals surface area contributed by atoms with Crippen LogP contribution >= 0.6 is 0 Å². The summed E-state index contributed by atoms with van der Waals surface area (Å²) in [7, 11) is 2.99. The van der Waals surface area contributed by atoms with Crippen LogP contribution in [0.4, 0.5) is 10.5 Å². The molecule has 1 aromatic rings. The number of hydrogen-bond acceptors (Lipinski definition) is 3. The van der Waals surface area contributed by atoms with Crippen molar-refractivity contribution in [2.24, 2.45) is 0 Å². The van der Waals surface area contributed by atoms with E-state index in [2.05, 4.69) is 5.32 Å². The van der Waals surface area contributed by atoms with Crippen LogP contribution in [-0.4, -0.2) is 25.4 Å². The minimum Gasteiger partial charge on any atom is -0.497 e. The maximum atomic E-state index is 10.4. The molecule has 1 rings (SSSR count). The fourth-order valence-corrected chi connectivity index (χ4v) is 1.02. The van der Waals surface area contributed by atoms with E-state index in [1.165, 1.54) is 14.2 Å². The lowest BCUT2D eigenvalue weighted by Gasteiger charge is -2.09. The van der Waals surface area contributed by atoms with Crippen molar-refractivity contribution in [2.75, 3.05) is 19.5 Å². The van der Waals surface area contributed by atoms with Crippen molar-refractivity contribution in [3.8, 4) is 11.5 Å². The predicted octanol–water partition coefficient (Wildman–Crippen LogP) is 1.79. The first kappa shape index (κ1) is 10.2. The molecule has 0 aliphatic carbocycles. The van der Waals surface area contributed by atoms with E-state index in [4.69, 9.17) is 14.6 Å². The fourth-order valence-electron chi connectivity index (χ4n) is 1.02. The summed E-state index contributed by atoms with van der Waals surface area (Å²) >= 11 is 0. The number of carbonyl (C=O) groups is 1. The third-order valence-electron chi connectivity index (χ3n) is 1.65. The lowest BCUT2D eigenvalue weighted by Crippen LogP contribution is -2.08. The number of anilines is 1. The summed E-state index contributed by atoms with van der Waals surface area (Å²) in [5.74, 6) is 1.03. The number of amides is 1. The second-order valence-electron chi connectivity index (χ2n) is 2.50. The van der Waals surface area contributed by atoms with Crippen LogP contribution in [0.2, 0.25) is 0 Å². The summed E-state index contributed by atoms with van der Waals surface area (Å²) in [5, 5.41) is 10.7. The number of methoxy groups -OCH3 is 2. The summed E-state index contributed by atoms with van der Waals surface area (Å²) in [4.78, 5) is 10.4. The van der Waals surface area contributed by atoms with Crippen LogP contribution in [0.1, 0.15) is 0 Å². The van der Waals surface area contributed by atoms with E-state index in [1.54, 1.807) is 18.2 Å². The highest BCUT2D eigenvalue weighted by atomic mass is 16.5. The minimum absolute atomic E-state index is 0.390. The summed E-state index contributed by atoms with van der Waals surface area (Å²) in [6.45, 7) is 0. The first-order valence-electron chi connectivity index (χ1n) is 3.89. The van der Waals surface area contributed by atoms with Gasteiger partial charge in [0.05, 0.1) is 19.9 Å². The number of ether oxygens (including phenoxy) is 2.